The van der Waals surface area contributed by atoms with Gasteiger partial charge < -0.3 is 19.7 Å². The molecule has 0 aliphatic carbocycles. The lowest BCUT2D eigenvalue weighted by atomic mass is 10.3. The third-order valence-electron chi connectivity index (χ3n) is 2.27. The SMILES string of the molecule is CC.CN(C)P(C)(=O)OC[C@@H]1CNCC(O)O1. The first-order chi connectivity index (χ1) is 7.92. The maximum atomic E-state index is 11.8. The summed E-state index contributed by atoms with van der Waals surface area (Å²) in [5.74, 6) is 0. The molecule has 0 aromatic carbocycles. The maximum absolute atomic E-state index is 11.8. The van der Waals surface area contributed by atoms with E-state index in [-0.39, 0.29) is 12.7 Å². The van der Waals surface area contributed by atoms with Crippen molar-refractivity contribution in [3.05, 3.63) is 0 Å². The summed E-state index contributed by atoms with van der Waals surface area (Å²) in [6, 6.07) is 0. The average molecular weight is 268 g/mol. The average Bonchev–Trinajstić information content (AvgIpc) is 2.29. The smallest absolute Gasteiger partial charge is 0.268 e. The van der Waals surface area contributed by atoms with E-state index in [0.717, 1.165) is 0 Å². The van der Waals surface area contributed by atoms with E-state index in [0.29, 0.717) is 13.1 Å². The second-order valence-electron chi connectivity index (χ2n) is 3.82. The standard InChI is InChI=1S/C8H19N2O4P.C2H6/c1-10(2)15(3,12)13-6-7-4-9-5-8(11)14-7;1-2/h7-9,11H,4-6H2,1-3H3;1-2H3/t7-,8?,15?;/m0./s1. The summed E-state index contributed by atoms with van der Waals surface area (Å²) in [5, 5.41) is 12.2. The second-order valence-corrected chi connectivity index (χ2v) is 6.48. The number of aliphatic hydroxyl groups excluding tert-OH is 1. The lowest BCUT2D eigenvalue weighted by Crippen LogP contribution is -2.46. The molecule has 0 aromatic rings. The summed E-state index contributed by atoms with van der Waals surface area (Å²) in [6.45, 7) is 6.80. The van der Waals surface area contributed by atoms with Crippen LogP contribution in [0.2, 0.25) is 0 Å². The Hall–Kier alpha value is 0.0300. The lowest BCUT2D eigenvalue weighted by molar-refractivity contribution is -0.159. The van der Waals surface area contributed by atoms with Crippen molar-refractivity contribution in [3.8, 4) is 0 Å². The van der Waals surface area contributed by atoms with Gasteiger partial charge >= 0.3 is 0 Å². The minimum Gasteiger partial charge on any atom is -0.367 e. The number of rotatable bonds is 4. The first kappa shape index (κ1) is 17.0. The molecular formula is C10H25N2O4P. The fourth-order valence-electron chi connectivity index (χ4n) is 1.12. The molecule has 1 saturated heterocycles. The van der Waals surface area contributed by atoms with Crippen LogP contribution in [0.1, 0.15) is 13.8 Å². The largest absolute Gasteiger partial charge is 0.367 e. The van der Waals surface area contributed by atoms with Crippen LogP contribution >= 0.6 is 7.52 Å². The van der Waals surface area contributed by atoms with E-state index in [1.54, 1.807) is 25.4 Å². The zero-order valence-corrected chi connectivity index (χ0v) is 12.2. The predicted molar refractivity (Wildman–Crippen MR) is 68.3 cm³/mol. The van der Waals surface area contributed by atoms with Crippen molar-refractivity contribution in [2.75, 3.05) is 40.5 Å². The summed E-state index contributed by atoms with van der Waals surface area (Å²) in [4.78, 5) is 0. The fraction of sp³-hybridized carbons (Fsp3) is 1.00. The molecule has 3 atom stereocenters. The molecular weight excluding hydrogens is 243 g/mol. The van der Waals surface area contributed by atoms with Crippen LogP contribution in [0, 0.1) is 0 Å². The first-order valence-corrected chi connectivity index (χ1v) is 7.88. The van der Waals surface area contributed by atoms with Crippen molar-refractivity contribution >= 4 is 7.52 Å². The van der Waals surface area contributed by atoms with Crippen molar-refractivity contribution < 1.29 is 18.9 Å². The van der Waals surface area contributed by atoms with Gasteiger partial charge in [0.1, 0.15) is 0 Å². The van der Waals surface area contributed by atoms with E-state index in [1.165, 1.54) is 0 Å². The Morgan fingerprint density at radius 2 is 2.06 bits per heavy atom. The van der Waals surface area contributed by atoms with E-state index in [1.807, 2.05) is 13.8 Å². The van der Waals surface area contributed by atoms with Crippen LogP contribution < -0.4 is 5.32 Å². The van der Waals surface area contributed by atoms with Gasteiger partial charge in [0, 0.05) is 19.8 Å². The van der Waals surface area contributed by atoms with Gasteiger partial charge in [-0.15, -0.1) is 0 Å². The van der Waals surface area contributed by atoms with Gasteiger partial charge in [0.2, 0.25) is 0 Å². The normalized spacial score (nSPS) is 28.2. The molecule has 1 rings (SSSR count). The molecule has 6 nitrogen and oxygen atoms in total. The summed E-state index contributed by atoms with van der Waals surface area (Å²) in [5.41, 5.74) is 0. The molecule has 7 heteroatoms. The van der Waals surface area contributed by atoms with Gasteiger partial charge in [0.25, 0.3) is 7.52 Å². The van der Waals surface area contributed by atoms with Crippen LogP contribution in [0.5, 0.6) is 0 Å². The number of nitrogens with one attached hydrogen (secondary N) is 1. The zero-order chi connectivity index (χ0) is 13.5. The topological polar surface area (TPSA) is 71.0 Å². The molecule has 2 N–H and O–H groups in total. The van der Waals surface area contributed by atoms with Gasteiger partial charge in [-0.05, 0) is 14.1 Å². The van der Waals surface area contributed by atoms with Crippen molar-refractivity contribution in [3.63, 3.8) is 0 Å². The number of hydrogen-bond acceptors (Lipinski definition) is 5. The number of hydrogen-bond donors (Lipinski definition) is 2. The minimum absolute atomic E-state index is 0.218. The molecule has 1 aliphatic heterocycles. The van der Waals surface area contributed by atoms with Crippen LogP contribution in [0.3, 0.4) is 0 Å². The highest BCUT2D eigenvalue weighted by molar-refractivity contribution is 7.55. The van der Waals surface area contributed by atoms with Gasteiger partial charge in [-0.1, -0.05) is 13.8 Å². The molecule has 2 unspecified atom stereocenters. The van der Waals surface area contributed by atoms with Gasteiger partial charge in [-0.2, -0.15) is 0 Å². The van der Waals surface area contributed by atoms with Crippen LogP contribution in [0.4, 0.5) is 0 Å². The molecule has 1 fully saturated rings. The monoisotopic (exact) mass is 268 g/mol. The molecule has 17 heavy (non-hydrogen) atoms. The van der Waals surface area contributed by atoms with E-state index in [2.05, 4.69) is 5.32 Å². The second kappa shape index (κ2) is 8.19. The van der Waals surface area contributed by atoms with Gasteiger partial charge in [-0.3, -0.25) is 4.57 Å². The number of aliphatic hydroxyl groups is 1. The molecule has 104 valence electrons. The Bertz CT molecular complexity index is 250. The van der Waals surface area contributed by atoms with Crippen molar-refractivity contribution in [1.82, 2.24) is 9.99 Å². The van der Waals surface area contributed by atoms with Crippen LogP contribution in [-0.4, -0.2) is 62.6 Å². The Morgan fingerprint density at radius 3 is 2.53 bits per heavy atom. The Kier molecular flexibility index (Phi) is 8.20. The first-order valence-electron chi connectivity index (χ1n) is 5.86. The van der Waals surface area contributed by atoms with E-state index in [4.69, 9.17) is 9.26 Å². The highest BCUT2D eigenvalue weighted by Gasteiger charge is 2.25. The van der Waals surface area contributed by atoms with Crippen molar-refractivity contribution in [1.29, 1.82) is 0 Å². The van der Waals surface area contributed by atoms with Crippen molar-refractivity contribution in [2.24, 2.45) is 0 Å². The summed E-state index contributed by atoms with van der Waals surface area (Å²) in [7, 11) is 0.701. The quantitative estimate of drug-likeness (QED) is 0.732. The van der Waals surface area contributed by atoms with Crippen LogP contribution in [-0.2, 0) is 13.8 Å². The zero-order valence-electron chi connectivity index (χ0n) is 11.3. The Labute approximate surface area is 104 Å². The number of β-amino-alcohol motifs (C(OH)–C–C–N with tert-alkyl or cyclic N) is 1. The molecule has 0 amide bonds. The highest BCUT2D eigenvalue weighted by atomic mass is 31.2. The summed E-state index contributed by atoms with van der Waals surface area (Å²) in [6.07, 6.45) is -1.05. The molecule has 1 heterocycles. The Morgan fingerprint density at radius 1 is 1.47 bits per heavy atom. The third kappa shape index (κ3) is 6.50. The van der Waals surface area contributed by atoms with Gasteiger partial charge in [0.05, 0.1) is 12.7 Å². The van der Waals surface area contributed by atoms with E-state index >= 15 is 0 Å². The molecule has 1 aliphatic rings. The highest BCUT2D eigenvalue weighted by Crippen LogP contribution is 2.44. The van der Waals surface area contributed by atoms with E-state index in [9.17, 15) is 9.67 Å². The summed E-state index contributed by atoms with van der Waals surface area (Å²) < 4.78 is 23.8. The number of morpholine rings is 1. The molecule has 0 spiro atoms. The fourth-order valence-corrected chi connectivity index (χ4v) is 1.80. The maximum Gasteiger partial charge on any atom is 0.268 e. The molecule has 0 aromatic heterocycles. The van der Waals surface area contributed by atoms with Crippen molar-refractivity contribution in [2.45, 2.75) is 26.2 Å². The molecule has 0 radical (unpaired) electrons. The summed E-state index contributed by atoms with van der Waals surface area (Å²) >= 11 is 0. The lowest BCUT2D eigenvalue weighted by Gasteiger charge is -2.29. The predicted octanol–water partition coefficient (Wildman–Crippen LogP) is 0.720. The number of ether oxygens (including phenoxy) is 1. The molecule has 0 bridgehead atoms. The Balaban J connectivity index is 0.00000121. The number of nitrogens with zero attached hydrogens (tertiary/aromatic N) is 1. The van der Waals surface area contributed by atoms with Crippen LogP contribution in [0.15, 0.2) is 0 Å². The third-order valence-corrected chi connectivity index (χ3v) is 4.35. The van der Waals surface area contributed by atoms with E-state index < -0.39 is 13.8 Å². The molecule has 0 saturated carbocycles. The van der Waals surface area contributed by atoms with Gasteiger partial charge in [0.15, 0.2) is 6.29 Å². The van der Waals surface area contributed by atoms with Gasteiger partial charge in [-0.25, -0.2) is 4.67 Å². The van der Waals surface area contributed by atoms with Crippen LogP contribution in [0.25, 0.3) is 0 Å². The minimum atomic E-state index is -2.71.